The zero-order chi connectivity index (χ0) is 17.0. The molecule has 1 atom stereocenters. The number of rotatable bonds is 7. The Bertz CT molecular complexity index is 742. The number of aromatic nitrogens is 3. The van der Waals surface area contributed by atoms with Crippen molar-refractivity contribution in [1.82, 2.24) is 24.4 Å². The molecule has 1 aliphatic rings. The van der Waals surface area contributed by atoms with Gasteiger partial charge in [0.15, 0.2) is 0 Å². The second-order valence-corrected chi connectivity index (χ2v) is 9.13. The van der Waals surface area contributed by atoms with Crippen molar-refractivity contribution < 1.29 is 8.42 Å². The lowest BCUT2D eigenvalue weighted by atomic mass is 10.1. The van der Waals surface area contributed by atoms with Crippen molar-refractivity contribution >= 4 is 21.4 Å². The van der Waals surface area contributed by atoms with Gasteiger partial charge in [0, 0.05) is 44.0 Å². The van der Waals surface area contributed by atoms with E-state index in [1.807, 2.05) is 22.5 Å². The Balaban J connectivity index is 1.65. The molecule has 0 radical (unpaired) electrons. The van der Waals surface area contributed by atoms with Crippen LogP contribution in [-0.2, 0) is 29.7 Å². The Morgan fingerprint density at radius 2 is 2.25 bits per heavy atom. The molecule has 0 saturated carbocycles. The smallest absolute Gasteiger partial charge is 0.211 e. The van der Waals surface area contributed by atoms with E-state index in [0.717, 1.165) is 37.6 Å². The molecule has 3 heterocycles. The molecule has 2 aromatic rings. The van der Waals surface area contributed by atoms with Gasteiger partial charge in [0.2, 0.25) is 10.0 Å². The maximum Gasteiger partial charge on any atom is 0.211 e. The molecular formula is C15H23N5O2S2. The number of thiazole rings is 1. The van der Waals surface area contributed by atoms with E-state index in [-0.39, 0.29) is 5.75 Å². The summed E-state index contributed by atoms with van der Waals surface area (Å²) in [6.07, 6.45) is 4.46. The average Bonchev–Trinajstić information content (AvgIpc) is 3.17. The third kappa shape index (κ3) is 4.62. The van der Waals surface area contributed by atoms with Crippen LogP contribution in [0.15, 0.2) is 23.8 Å². The van der Waals surface area contributed by atoms with Gasteiger partial charge in [0.05, 0.1) is 18.0 Å². The first kappa shape index (κ1) is 17.5. The zero-order valence-corrected chi connectivity index (χ0v) is 15.4. The predicted molar refractivity (Wildman–Crippen MR) is 94.0 cm³/mol. The molecule has 7 nitrogen and oxygen atoms in total. The lowest BCUT2D eigenvalue weighted by Gasteiger charge is -2.23. The fraction of sp³-hybridized carbons (Fsp3) is 0.600. The minimum absolute atomic E-state index is 0.122. The van der Waals surface area contributed by atoms with Crippen molar-refractivity contribution in [2.75, 3.05) is 18.8 Å². The van der Waals surface area contributed by atoms with Gasteiger partial charge in [-0.25, -0.2) is 18.1 Å². The fourth-order valence-electron chi connectivity index (χ4n) is 2.97. The zero-order valence-electron chi connectivity index (χ0n) is 13.8. The predicted octanol–water partition coefficient (Wildman–Crippen LogP) is 1.30. The van der Waals surface area contributed by atoms with E-state index in [2.05, 4.69) is 25.8 Å². The molecule has 0 bridgehead atoms. The van der Waals surface area contributed by atoms with Crippen LogP contribution in [0.4, 0.5) is 0 Å². The number of nitrogens with zero attached hydrogens (tertiary/aromatic N) is 4. The standard InChI is InChI=1S/C15H23N5O2S2/c1-2-24(21,22)18-6-3-13-9-19(12-15-16-7-8-23-15)11-14-4-5-17-20(14)10-13/h4-5,7-8,13,18H,2-3,6,9-12H2,1H3/t13-/m1/s1. The van der Waals surface area contributed by atoms with E-state index < -0.39 is 10.0 Å². The maximum absolute atomic E-state index is 11.6. The molecule has 3 rings (SSSR count). The highest BCUT2D eigenvalue weighted by atomic mass is 32.2. The Labute approximate surface area is 146 Å². The van der Waals surface area contributed by atoms with Crippen molar-refractivity contribution in [2.45, 2.75) is 33.0 Å². The number of fused-ring (bicyclic) bond motifs is 1. The lowest BCUT2D eigenvalue weighted by Crippen LogP contribution is -2.32. The lowest BCUT2D eigenvalue weighted by molar-refractivity contribution is 0.215. The van der Waals surface area contributed by atoms with E-state index in [0.29, 0.717) is 12.5 Å². The maximum atomic E-state index is 11.6. The summed E-state index contributed by atoms with van der Waals surface area (Å²) in [6, 6.07) is 2.05. The monoisotopic (exact) mass is 369 g/mol. The van der Waals surface area contributed by atoms with Crippen LogP contribution in [0.3, 0.4) is 0 Å². The molecule has 132 valence electrons. The number of sulfonamides is 1. The largest absolute Gasteiger partial charge is 0.291 e. The minimum Gasteiger partial charge on any atom is -0.291 e. The summed E-state index contributed by atoms with van der Waals surface area (Å²) in [5.41, 5.74) is 1.20. The molecule has 0 fully saturated rings. The molecule has 0 unspecified atom stereocenters. The number of nitrogens with one attached hydrogen (secondary N) is 1. The first-order chi connectivity index (χ1) is 11.6. The van der Waals surface area contributed by atoms with E-state index in [1.165, 1.54) is 5.69 Å². The van der Waals surface area contributed by atoms with Crippen LogP contribution in [0.2, 0.25) is 0 Å². The van der Waals surface area contributed by atoms with Crippen molar-refractivity contribution in [3.8, 4) is 0 Å². The van der Waals surface area contributed by atoms with Crippen LogP contribution in [0.5, 0.6) is 0 Å². The Kier molecular flexibility index (Phi) is 5.65. The highest BCUT2D eigenvalue weighted by Gasteiger charge is 2.23. The van der Waals surface area contributed by atoms with E-state index >= 15 is 0 Å². The first-order valence-electron chi connectivity index (χ1n) is 8.14. The second kappa shape index (κ2) is 7.73. The summed E-state index contributed by atoms with van der Waals surface area (Å²) >= 11 is 1.67. The minimum atomic E-state index is -3.13. The van der Waals surface area contributed by atoms with Crippen LogP contribution in [-0.4, -0.2) is 46.9 Å². The van der Waals surface area contributed by atoms with Crippen LogP contribution >= 0.6 is 11.3 Å². The van der Waals surface area contributed by atoms with Gasteiger partial charge in [-0.2, -0.15) is 5.10 Å². The van der Waals surface area contributed by atoms with Crippen LogP contribution in [0, 0.1) is 5.92 Å². The third-order valence-corrected chi connectivity index (χ3v) is 6.40. The van der Waals surface area contributed by atoms with Gasteiger partial charge >= 0.3 is 0 Å². The van der Waals surface area contributed by atoms with Crippen molar-refractivity contribution in [1.29, 1.82) is 0 Å². The van der Waals surface area contributed by atoms with E-state index in [4.69, 9.17) is 0 Å². The van der Waals surface area contributed by atoms with Crippen molar-refractivity contribution in [3.63, 3.8) is 0 Å². The summed E-state index contributed by atoms with van der Waals surface area (Å²) < 4.78 is 27.9. The van der Waals surface area contributed by atoms with Gasteiger partial charge in [0.25, 0.3) is 0 Å². The molecular weight excluding hydrogens is 346 g/mol. The molecule has 0 saturated heterocycles. The average molecular weight is 370 g/mol. The van der Waals surface area contributed by atoms with Gasteiger partial charge in [-0.15, -0.1) is 11.3 Å². The summed E-state index contributed by atoms with van der Waals surface area (Å²) in [7, 11) is -3.13. The molecule has 2 aromatic heterocycles. The normalized spacial score (nSPS) is 19.1. The van der Waals surface area contributed by atoms with E-state index in [1.54, 1.807) is 18.3 Å². The van der Waals surface area contributed by atoms with Crippen molar-refractivity contribution in [3.05, 3.63) is 34.5 Å². The Hall–Kier alpha value is -1.29. The molecule has 1 aliphatic heterocycles. The van der Waals surface area contributed by atoms with Crippen molar-refractivity contribution in [2.24, 2.45) is 5.92 Å². The Morgan fingerprint density at radius 3 is 3.00 bits per heavy atom. The number of hydrogen-bond acceptors (Lipinski definition) is 6. The summed E-state index contributed by atoms with van der Waals surface area (Å²) in [5.74, 6) is 0.475. The van der Waals surface area contributed by atoms with Gasteiger partial charge in [-0.3, -0.25) is 9.58 Å². The van der Waals surface area contributed by atoms with Gasteiger partial charge in [-0.05, 0) is 25.3 Å². The van der Waals surface area contributed by atoms with Crippen LogP contribution < -0.4 is 4.72 Å². The molecule has 1 N–H and O–H groups in total. The summed E-state index contributed by atoms with van der Waals surface area (Å²) in [5, 5.41) is 7.51. The third-order valence-electron chi connectivity index (χ3n) is 4.23. The second-order valence-electron chi connectivity index (χ2n) is 6.05. The first-order valence-corrected chi connectivity index (χ1v) is 10.7. The SMILES string of the molecule is CCS(=O)(=O)NCC[C@@H]1CN(Cc2nccs2)Cc2ccnn2C1. The number of hydrogen-bond donors (Lipinski definition) is 1. The quantitative estimate of drug-likeness (QED) is 0.796. The molecule has 0 amide bonds. The topological polar surface area (TPSA) is 80.1 Å². The highest BCUT2D eigenvalue weighted by Crippen LogP contribution is 2.20. The summed E-state index contributed by atoms with van der Waals surface area (Å²) in [4.78, 5) is 6.75. The molecule has 0 aliphatic carbocycles. The molecule has 0 aromatic carbocycles. The fourth-order valence-corrected chi connectivity index (χ4v) is 4.26. The van der Waals surface area contributed by atoms with Crippen LogP contribution in [0.25, 0.3) is 0 Å². The van der Waals surface area contributed by atoms with Gasteiger partial charge in [0.1, 0.15) is 5.01 Å². The summed E-state index contributed by atoms with van der Waals surface area (Å²) in [6.45, 7) is 5.53. The molecule has 0 spiro atoms. The van der Waals surface area contributed by atoms with Gasteiger partial charge < -0.3 is 0 Å². The van der Waals surface area contributed by atoms with Gasteiger partial charge in [-0.1, -0.05) is 0 Å². The van der Waals surface area contributed by atoms with E-state index in [9.17, 15) is 8.42 Å². The molecule has 9 heteroatoms. The highest BCUT2D eigenvalue weighted by molar-refractivity contribution is 7.89. The Morgan fingerprint density at radius 1 is 1.38 bits per heavy atom. The molecule has 24 heavy (non-hydrogen) atoms. The van der Waals surface area contributed by atoms with Crippen LogP contribution in [0.1, 0.15) is 24.0 Å².